The van der Waals surface area contributed by atoms with Gasteiger partial charge in [-0.3, -0.25) is 0 Å². The minimum atomic E-state index is -0.584. The first kappa shape index (κ1) is 16.5. The average Bonchev–Trinajstić information content (AvgIpc) is 2.50. The highest BCUT2D eigenvalue weighted by Gasteiger charge is 2.12. The Labute approximate surface area is 135 Å². The molecule has 0 saturated heterocycles. The summed E-state index contributed by atoms with van der Waals surface area (Å²) in [4.78, 5) is 22.9. The summed E-state index contributed by atoms with van der Waals surface area (Å²) in [6.45, 7) is 6.20. The van der Waals surface area contributed by atoms with Crippen LogP contribution in [0.1, 0.15) is 32.6 Å². The lowest BCUT2D eigenvalue weighted by molar-refractivity contribution is 0.0733. The van der Waals surface area contributed by atoms with Gasteiger partial charge in [-0.2, -0.15) is 0 Å². The number of hydrogen-bond acceptors (Lipinski definition) is 3. The second-order valence-electron chi connectivity index (χ2n) is 5.51. The van der Waals surface area contributed by atoms with E-state index >= 15 is 0 Å². The van der Waals surface area contributed by atoms with Gasteiger partial charge in [0.25, 0.3) is 0 Å². The van der Waals surface area contributed by atoms with E-state index in [0.717, 1.165) is 22.3 Å². The molecule has 2 aromatic rings. The van der Waals surface area contributed by atoms with Crippen LogP contribution < -0.4 is 15.8 Å². The first-order chi connectivity index (χ1) is 10.9. The molecule has 0 aliphatic carbocycles. The second-order valence-corrected chi connectivity index (χ2v) is 5.51. The van der Waals surface area contributed by atoms with Gasteiger partial charge in [-0.15, -0.1) is 0 Å². The zero-order chi connectivity index (χ0) is 17.0. The zero-order valence-corrected chi connectivity index (χ0v) is 13.5. The first-order valence-electron chi connectivity index (χ1n) is 7.29. The van der Waals surface area contributed by atoms with Gasteiger partial charge in [0.15, 0.2) is 0 Å². The van der Waals surface area contributed by atoms with E-state index < -0.39 is 12.0 Å². The van der Waals surface area contributed by atoms with Crippen molar-refractivity contribution in [2.24, 2.45) is 5.73 Å². The van der Waals surface area contributed by atoms with Crippen molar-refractivity contribution in [1.82, 2.24) is 5.32 Å². The van der Waals surface area contributed by atoms with Crippen LogP contribution in [-0.4, -0.2) is 12.0 Å². The van der Waals surface area contributed by atoms with Crippen LogP contribution in [0.25, 0.3) is 0 Å². The lowest BCUT2D eigenvalue weighted by Gasteiger charge is -2.11. The third-order valence-corrected chi connectivity index (χ3v) is 3.62. The Morgan fingerprint density at radius 2 is 1.74 bits per heavy atom. The van der Waals surface area contributed by atoms with Gasteiger partial charge in [-0.05, 0) is 61.2 Å². The number of nitrogens with one attached hydrogen (secondary N) is 1. The molecule has 3 N–H and O–H groups in total. The number of rotatable bonds is 4. The second kappa shape index (κ2) is 6.96. The normalized spacial score (nSPS) is 10.2. The van der Waals surface area contributed by atoms with Crippen LogP contribution in [0, 0.1) is 20.8 Å². The highest BCUT2D eigenvalue weighted by atomic mass is 16.5. The van der Waals surface area contributed by atoms with Crippen molar-refractivity contribution in [2.75, 3.05) is 0 Å². The molecule has 0 saturated carbocycles. The van der Waals surface area contributed by atoms with Crippen LogP contribution in [0.4, 0.5) is 4.79 Å². The van der Waals surface area contributed by atoms with E-state index in [2.05, 4.69) is 5.32 Å². The molecular formula is C18H20N2O3. The van der Waals surface area contributed by atoms with Crippen molar-refractivity contribution in [3.05, 3.63) is 64.2 Å². The van der Waals surface area contributed by atoms with Gasteiger partial charge in [0.05, 0.1) is 5.56 Å². The SMILES string of the molecule is Cc1cc(C)c(C)c(OC(=O)c2ccc(CNC(N)=O)cc2)c1. The summed E-state index contributed by atoms with van der Waals surface area (Å²) in [5.41, 5.74) is 9.40. The van der Waals surface area contributed by atoms with Gasteiger partial charge in [-0.1, -0.05) is 18.2 Å². The number of esters is 1. The molecule has 5 nitrogen and oxygen atoms in total. The maximum absolute atomic E-state index is 12.3. The van der Waals surface area contributed by atoms with E-state index in [4.69, 9.17) is 10.5 Å². The number of aryl methyl sites for hydroxylation is 2. The van der Waals surface area contributed by atoms with Crippen molar-refractivity contribution < 1.29 is 14.3 Å². The van der Waals surface area contributed by atoms with Gasteiger partial charge in [0, 0.05) is 6.54 Å². The lowest BCUT2D eigenvalue weighted by Crippen LogP contribution is -2.28. The standard InChI is InChI=1S/C18H20N2O3/c1-11-8-12(2)13(3)16(9-11)23-17(21)15-6-4-14(5-7-15)10-20-18(19)22/h4-9H,10H2,1-3H3,(H3,19,20,22). The van der Waals surface area contributed by atoms with Crippen LogP contribution in [0.5, 0.6) is 5.75 Å². The van der Waals surface area contributed by atoms with E-state index in [0.29, 0.717) is 17.9 Å². The topological polar surface area (TPSA) is 81.4 Å². The number of amides is 2. The maximum Gasteiger partial charge on any atom is 0.343 e. The van der Waals surface area contributed by atoms with Crippen LogP contribution in [0.15, 0.2) is 36.4 Å². The van der Waals surface area contributed by atoms with Crippen molar-refractivity contribution in [1.29, 1.82) is 0 Å². The fourth-order valence-corrected chi connectivity index (χ4v) is 2.21. The predicted octanol–water partition coefficient (Wildman–Crippen LogP) is 3.00. The molecule has 0 radical (unpaired) electrons. The molecule has 5 heteroatoms. The number of ether oxygens (including phenoxy) is 1. The molecule has 0 aromatic heterocycles. The van der Waals surface area contributed by atoms with E-state index in [-0.39, 0.29) is 0 Å². The molecule has 120 valence electrons. The molecule has 0 heterocycles. The molecule has 0 bridgehead atoms. The summed E-state index contributed by atoms with van der Waals surface area (Å²) in [6, 6.07) is 10.1. The number of carbonyl (C=O) groups excluding carboxylic acids is 2. The van der Waals surface area contributed by atoms with Gasteiger partial charge >= 0.3 is 12.0 Å². The van der Waals surface area contributed by atoms with Crippen LogP contribution in [0.2, 0.25) is 0 Å². The van der Waals surface area contributed by atoms with Gasteiger partial charge < -0.3 is 15.8 Å². The third kappa shape index (κ3) is 4.32. The molecule has 2 aromatic carbocycles. The molecule has 0 unspecified atom stereocenters. The predicted molar refractivity (Wildman–Crippen MR) is 88.5 cm³/mol. The minimum absolute atomic E-state index is 0.320. The summed E-state index contributed by atoms with van der Waals surface area (Å²) < 4.78 is 5.50. The molecule has 0 spiro atoms. The largest absolute Gasteiger partial charge is 0.423 e. The Balaban J connectivity index is 2.11. The molecule has 2 amide bonds. The molecule has 23 heavy (non-hydrogen) atoms. The van der Waals surface area contributed by atoms with Crippen molar-refractivity contribution >= 4 is 12.0 Å². The maximum atomic E-state index is 12.3. The minimum Gasteiger partial charge on any atom is -0.423 e. The Morgan fingerprint density at radius 1 is 1.09 bits per heavy atom. The summed E-state index contributed by atoms with van der Waals surface area (Å²) >= 11 is 0. The third-order valence-electron chi connectivity index (χ3n) is 3.62. The van der Waals surface area contributed by atoms with E-state index in [1.54, 1.807) is 24.3 Å². The number of nitrogens with two attached hydrogens (primary N) is 1. The molecule has 0 fully saturated rings. The Morgan fingerprint density at radius 3 is 2.35 bits per heavy atom. The first-order valence-corrected chi connectivity index (χ1v) is 7.29. The van der Waals surface area contributed by atoms with Crippen molar-refractivity contribution in [3.63, 3.8) is 0 Å². The number of urea groups is 1. The van der Waals surface area contributed by atoms with Crippen molar-refractivity contribution in [3.8, 4) is 5.75 Å². The fourth-order valence-electron chi connectivity index (χ4n) is 2.21. The smallest absolute Gasteiger partial charge is 0.343 e. The summed E-state index contributed by atoms with van der Waals surface area (Å²) in [5, 5.41) is 2.49. The summed E-state index contributed by atoms with van der Waals surface area (Å²) in [7, 11) is 0. The molecule has 0 atom stereocenters. The number of hydrogen-bond donors (Lipinski definition) is 2. The van der Waals surface area contributed by atoms with Crippen LogP contribution >= 0.6 is 0 Å². The highest BCUT2D eigenvalue weighted by Crippen LogP contribution is 2.24. The van der Waals surface area contributed by atoms with E-state index in [1.165, 1.54) is 0 Å². The lowest BCUT2D eigenvalue weighted by atomic mass is 10.1. The van der Waals surface area contributed by atoms with Crippen LogP contribution in [-0.2, 0) is 6.54 Å². The highest BCUT2D eigenvalue weighted by molar-refractivity contribution is 5.91. The number of carbonyl (C=O) groups is 2. The van der Waals surface area contributed by atoms with Crippen molar-refractivity contribution in [2.45, 2.75) is 27.3 Å². The van der Waals surface area contributed by atoms with E-state index in [9.17, 15) is 9.59 Å². The summed E-state index contributed by atoms with van der Waals surface area (Å²) in [6.07, 6.45) is 0. The fraction of sp³-hybridized carbons (Fsp3) is 0.222. The Hall–Kier alpha value is -2.82. The average molecular weight is 312 g/mol. The zero-order valence-electron chi connectivity index (χ0n) is 13.5. The number of benzene rings is 2. The van der Waals surface area contributed by atoms with Gasteiger partial charge in [-0.25, -0.2) is 9.59 Å². The van der Waals surface area contributed by atoms with Gasteiger partial charge in [0.1, 0.15) is 5.75 Å². The molecule has 0 aliphatic heterocycles. The Kier molecular flexibility index (Phi) is 5.01. The monoisotopic (exact) mass is 312 g/mol. The Bertz CT molecular complexity index is 737. The van der Waals surface area contributed by atoms with E-state index in [1.807, 2.05) is 32.9 Å². The molecule has 2 rings (SSSR count). The van der Waals surface area contributed by atoms with Crippen LogP contribution in [0.3, 0.4) is 0 Å². The number of primary amides is 1. The quantitative estimate of drug-likeness (QED) is 0.672. The summed E-state index contributed by atoms with van der Waals surface area (Å²) in [5.74, 6) is 0.166. The molecule has 0 aliphatic rings. The van der Waals surface area contributed by atoms with Gasteiger partial charge in [0.2, 0.25) is 0 Å². The molecular weight excluding hydrogens is 292 g/mol.